The highest BCUT2D eigenvalue weighted by atomic mass is 35.5. The van der Waals surface area contributed by atoms with Gasteiger partial charge in [-0.1, -0.05) is 30.7 Å². The van der Waals surface area contributed by atoms with Crippen molar-refractivity contribution in [3.8, 4) is 5.75 Å². The Morgan fingerprint density at radius 2 is 2.05 bits per heavy atom. The van der Waals surface area contributed by atoms with E-state index in [1.807, 2.05) is 24.3 Å². The molecule has 1 aromatic carbocycles. The molecule has 0 spiro atoms. The van der Waals surface area contributed by atoms with E-state index in [9.17, 15) is 0 Å². The first-order valence-corrected chi connectivity index (χ1v) is 7.76. The fourth-order valence-electron chi connectivity index (χ4n) is 2.30. The van der Waals surface area contributed by atoms with Crippen LogP contribution >= 0.6 is 11.6 Å². The van der Waals surface area contributed by atoms with Crippen molar-refractivity contribution in [2.24, 2.45) is 0 Å². The summed E-state index contributed by atoms with van der Waals surface area (Å²) in [6.07, 6.45) is 4.54. The van der Waals surface area contributed by atoms with Gasteiger partial charge in [0.05, 0.1) is 22.9 Å². The second kappa shape index (κ2) is 6.46. The number of hydrogen-bond acceptors (Lipinski definition) is 3. The zero-order valence-corrected chi connectivity index (χ0v) is 12.8. The summed E-state index contributed by atoms with van der Waals surface area (Å²) in [6.45, 7) is 2.92. The molecule has 0 aliphatic heterocycles. The molecule has 0 bridgehead atoms. The minimum Gasteiger partial charge on any atom is -0.490 e. The van der Waals surface area contributed by atoms with Crippen LogP contribution in [0.25, 0.3) is 0 Å². The van der Waals surface area contributed by atoms with Gasteiger partial charge in [-0.05, 0) is 49.2 Å². The quantitative estimate of drug-likeness (QED) is 0.876. The van der Waals surface area contributed by atoms with Crippen molar-refractivity contribution >= 4 is 11.6 Å². The topological polar surface area (TPSA) is 34.1 Å². The number of nitrogens with zero attached hydrogens (tertiary/aromatic N) is 1. The first-order chi connectivity index (χ1) is 10.3. The van der Waals surface area contributed by atoms with E-state index in [0.29, 0.717) is 11.1 Å². The van der Waals surface area contributed by atoms with E-state index in [0.717, 1.165) is 23.6 Å². The Kier molecular flexibility index (Phi) is 4.42. The molecule has 1 atom stereocenters. The number of nitrogens with one attached hydrogen (secondary N) is 1. The predicted molar refractivity (Wildman–Crippen MR) is 84.9 cm³/mol. The molecule has 3 nitrogen and oxygen atoms in total. The molecule has 1 aromatic heterocycles. The molecule has 0 radical (unpaired) electrons. The zero-order chi connectivity index (χ0) is 14.7. The molecule has 21 heavy (non-hydrogen) atoms. The van der Waals surface area contributed by atoms with Gasteiger partial charge in [0, 0.05) is 6.20 Å². The van der Waals surface area contributed by atoms with E-state index < -0.39 is 0 Å². The van der Waals surface area contributed by atoms with E-state index >= 15 is 0 Å². The fourth-order valence-corrected chi connectivity index (χ4v) is 2.53. The second-order valence-corrected chi connectivity index (χ2v) is 5.65. The van der Waals surface area contributed by atoms with Gasteiger partial charge in [-0.2, -0.15) is 0 Å². The summed E-state index contributed by atoms with van der Waals surface area (Å²) in [5.74, 6) is 0.934. The summed E-state index contributed by atoms with van der Waals surface area (Å²) in [5.41, 5.74) is 2.00. The molecule has 1 aliphatic carbocycles. The maximum Gasteiger partial charge on any atom is 0.119 e. The molecule has 1 aliphatic rings. The lowest BCUT2D eigenvalue weighted by Crippen LogP contribution is -2.23. The van der Waals surface area contributed by atoms with Crippen LogP contribution in [0.1, 0.15) is 37.1 Å². The second-order valence-electron chi connectivity index (χ2n) is 5.25. The van der Waals surface area contributed by atoms with Crippen molar-refractivity contribution in [2.45, 2.75) is 31.9 Å². The van der Waals surface area contributed by atoms with Crippen molar-refractivity contribution in [3.63, 3.8) is 0 Å². The van der Waals surface area contributed by atoms with Gasteiger partial charge in [0.25, 0.3) is 0 Å². The molecule has 1 saturated carbocycles. The van der Waals surface area contributed by atoms with Gasteiger partial charge in [0.15, 0.2) is 0 Å². The van der Waals surface area contributed by atoms with E-state index in [4.69, 9.17) is 16.3 Å². The van der Waals surface area contributed by atoms with Crippen LogP contribution in [0.2, 0.25) is 5.02 Å². The standard InChI is InChI=1S/C17H19ClN2O/c1-2-19-16(17-15(18)4-3-11-20-17)12-5-7-13(8-6-12)21-14-9-10-14/h3-8,11,14,16,19H,2,9-10H2,1H3. The smallest absolute Gasteiger partial charge is 0.119 e. The molecule has 0 amide bonds. The Morgan fingerprint density at radius 1 is 1.29 bits per heavy atom. The van der Waals surface area contributed by atoms with Crippen molar-refractivity contribution in [3.05, 3.63) is 58.9 Å². The summed E-state index contributed by atoms with van der Waals surface area (Å²) in [7, 11) is 0. The molecule has 1 fully saturated rings. The summed E-state index contributed by atoms with van der Waals surface area (Å²) in [5, 5.41) is 4.12. The van der Waals surface area contributed by atoms with Gasteiger partial charge in [0.1, 0.15) is 5.75 Å². The Balaban J connectivity index is 1.84. The van der Waals surface area contributed by atoms with Crippen LogP contribution in [-0.2, 0) is 0 Å². The highest BCUT2D eigenvalue weighted by molar-refractivity contribution is 6.31. The summed E-state index contributed by atoms with van der Waals surface area (Å²) < 4.78 is 5.79. The number of ether oxygens (including phenoxy) is 1. The normalized spacial score (nSPS) is 15.7. The van der Waals surface area contributed by atoms with Crippen molar-refractivity contribution < 1.29 is 4.74 Å². The van der Waals surface area contributed by atoms with Gasteiger partial charge in [-0.3, -0.25) is 4.98 Å². The number of halogens is 1. The van der Waals surface area contributed by atoms with Crippen LogP contribution in [-0.4, -0.2) is 17.6 Å². The van der Waals surface area contributed by atoms with Gasteiger partial charge in [-0.25, -0.2) is 0 Å². The van der Waals surface area contributed by atoms with E-state index in [-0.39, 0.29) is 6.04 Å². The minimum atomic E-state index is -0.00123. The monoisotopic (exact) mass is 302 g/mol. The molecule has 1 heterocycles. The third-order valence-electron chi connectivity index (χ3n) is 3.51. The van der Waals surface area contributed by atoms with Crippen molar-refractivity contribution in [1.82, 2.24) is 10.3 Å². The van der Waals surface area contributed by atoms with Crippen LogP contribution in [0, 0.1) is 0 Å². The summed E-state index contributed by atoms with van der Waals surface area (Å²) in [6, 6.07) is 11.9. The third-order valence-corrected chi connectivity index (χ3v) is 3.83. The lowest BCUT2D eigenvalue weighted by atomic mass is 10.0. The molecule has 4 heteroatoms. The first-order valence-electron chi connectivity index (χ1n) is 7.38. The number of rotatable bonds is 6. The van der Waals surface area contributed by atoms with Crippen LogP contribution < -0.4 is 10.1 Å². The number of aromatic nitrogens is 1. The predicted octanol–water partition coefficient (Wildman–Crippen LogP) is 3.98. The largest absolute Gasteiger partial charge is 0.490 e. The van der Waals surface area contributed by atoms with E-state index in [1.54, 1.807) is 6.20 Å². The van der Waals surface area contributed by atoms with Crippen LogP contribution in [0.4, 0.5) is 0 Å². The van der Waals surface area contributed by atoms with Crippen LogP contribution in [0.5, 0.6) is 5.75 Å². The highest BCUT2D eigenvalue weighted by Gasteiger charge is 2.23. The Labute approximate surface area is 130 Å². The Bertz CT molecular complexity index is 596. The molecule has 1 N–H and O–H groups in total. The zero-order valence-electron chi connectivity index (χ0n) is 12.1. The number of benzene rings is 1. The molecule has 110 valence electrons. The molecule has 3 rings (SSSR count). The molecule has 2 aromatic rings. The minimum absolute atomic E-state index is 0.00123. The average molecular weight is 303 g/mol. The van der Waals surface area contributed by atoms with Gasteiger partial charge >= 0.3 is 0 Å². The SMILES string of the molecule is CCNC(c1ccc(OC2CC2)cc1)c1ncccc1Cl. The first kappa shape index (κ1) is 14.4. The van der Waals surface area contributed by atoms with E-state index in [2.05, 4.69) is 29.4 Å². The summed E-state index contributed by atoms with van der Waals surface area (Å²) >= 11 is 6.29. The van der Waals surface area contributed by atoms with Crippen LogP contribution in [0.3, 0.4) is 0 Å². The molecule has 1 unspecified atom stereocenters. The lowest BCUT2D eigenvalue weighted by Gasteiger charge is -2.19. The van der Waals surface area contributed by atoms with Gasteiger partial charge < -0.3 is 10.1 Å². The lowest BCUT2D eigenvalue weighted by molar-refractivity contribution is 0.303. The van der Waals surface area contributed by atoms with Gasteiger partial charge in [0.2, 0.25) is 0 Å². The maximum atomic E-state index is 6.29. The molecular weight excluding hydrogens is 284 g/mol. The third kappa shape index (κ3) is 3.55. The van der Waals surface area contributed by atoms with Crippen molar-refractivity contribution in [2.75, 3.05) is 6.54 Å². The van der Waals surface area contributed by atoms with Crippen molar-refractivity contribution in [1.29, 1.82) is 0 Å². The molecular formula is C17H19ClN2O. The van der Waals surface area contributed by atoms with Crippen LogP contribution in [0.15, 0.2) is 42.6 Å². The fraction of sp³-hybridized carbons (Fsp3) is 0.353. The number of hydrogen-bond donors (Lipinski definition) is 1. The Morgan fingerprint density at radius 3 is 2.67 bits per heavy atom. The number of pyridine rings is 1. The van der Waals surface area contributed by atoms with E-state index in [1.165, 1.54) is 12.8 Å². The van der Waals surface area contributed by atoms with Gasteiger partial charge in [-0.15, -0.1) is 0 Å². The molecule has 0 saturated heterocycles. The Hall–Kier alpha value is -1.58. The summed E-state index contributed by atoms with van der Waals surface area (Å²) in [4.78, 5) is 4.43. The average Bonchev–Trinajstić information content (AvgIpc) is 3.31. The highest BCUT2D eigenvalue weighted by Crippen LogP contribution is 2.30. The maximum absolute atomic E-state index is 6.29.